The van der Waals surface area contributed by atoms with E-state index in [9.17, 15) is 9.18 Å². The summed E-state index contributed by atoms with van der Waals surface area (Å²) in [5.74, 6) is 0.845. The van der Waals surface area contributed by atoms with Gasteiger partial charge in [0.25, 0.3) is 5.91 Å². The van der Waals surface area contributed by atoms with Gasteiger partial charge >= 0.3 is 0 Å². The van der Waals surface area contributed by atoms with Gasteiger partial charge in [0.15, 0.2) is 5.82 Å². The quantitative estimate of drug-likeness (QED) is 0.324. The largest absolute Gasteiger partial charge is 0.289 e. The molecule has 2 aliphatic heterocycles. The van der Waals surface area contributed by atoms with Crippen LogP contribution in [0.5, 0.6) is 0 Å². The van der Waals surface area contributed by atoms with E-state index in [1.807, 2.05) is 66.3 Å². The number of hydrogen-bond donors (Lipinski definition) is 0. The molecular weight excluding hydrogens is 499 g/mol. The number of pyridine rings is 1. The van der Waals surface area contributed by atoms with Crippen LogP contribution in [0.2, 0.25) is 0 Å². The molecule has 0 saturated heterocycles. The van der Waals surface area contributed by atoms with Gasteiger partial charge in [0.1, 0.15) is 10.6 Å². The second-order valence-electron chi connectivity index (χ2n) is 9.85. The van der Waals surface area contributed by atoms with Gasteiger partial charge in [-0.2, -0.15) is 9.49 Å². The molecule has 1 fully saturated rings. The molecule has 0 bridgehead atoms. The molecule has 2 unspecified atom stereocenters. The van der Waals surface area contributed by atoms with E-state index in [1.165, 1.54) is 6.07 Å². The molecule has 0 N–H and O–H groups in total. The zero-order valence-electron chi connectivity index (χ0n) is 20.8. The van der Waals surface area contributed by atoms with Crippen molar-refractivity contribution < 1.29 is 9.18 Å². The summed E-state index contributed by atoms with van der Waals surface area (Å²) >= 11 is 1.56. The summed E-state index contributed by atoms with van der Waals surface area (Å²) < 4.78 is 15.6. The molecule has 4 aromatic rings. The van der Waals surface area contributed by atoms with Crippen molar-refractivity contribution in [3.8, 4) is 11.3 Å². The Hall–Kier alpha value is -3.98. The smallest absolute Gasteiger partial charge is 0.266 e. The van der Waals surface area contributed by atoms with E-state index in [-0.39, 0.29) is 18.0 Å². The number of carbonyl (C=O) groups is 1. The fourth-order valence-electron chi connectivity index (χ4n) is 5.61. The van der Waals surface area contributed by atoms with Crippen LogP contribution in [0.15, 0.2) is 87.7 Å². The number of aromatic nitrogens is 3. The van der Waals surface area contributed by atoms with Crippen LogP contribution in [0.4, 0.5) is 10.2 Å². The van der Waals surface area contributed by atoms with Gasteiger partial charge in [-0.3, -0.25) is 19.3 Å². The first kappa shape index (κ1) is 23.2. The number of carbonyl (C=O) groups excluding carboxylic acids is 1. The maximum Gasteiger partial charge on any atom is 0.266 e. The Balaban J connectivity index is 1.29. The van der Waals surface area contributed by atoms with E-state index < -0.39 is 5.95 Å². The Kier molecular flexibility index (Phi) is 5.54. The van der Waals surface area contributed by atoms with Crippen LogP contribution in [0, 0.1) is 5.95 Å². The number of amides is 1. The van der Waals surface area contributed by atoms with E-state index in [0.717, 1.165) is 40.3 Å². The molecule has 38 heavy (non-hydrogen) atoms. The Morgan fingerprint density at radius 3 is 2.61 bits per heavy atom. The predicted molar refractivity (Wildman–Crippen MR) is 145 cm³/mol. The Morgan fingerprint density at radius 1 is 1.00 bits per heavy atom. The molecule has 190 valence electrons. The lowest BCUT2D eigenvalue weighted by molar-refractivity contribution is 0.0861. The Bertz CT molecular complexity index is 1570. The number of fused-ring (bicyclic) bond motifs is 5. The first-order valence-electron chi connectivity index (χ1n) is 12.8. The first-order chi connectivity index (χ1) is 18.6. The first-order valence-corrected chi connectivity index (χ1v) is 13.6. The second kappa shape index (κ2) is 9.09. The van der Waals surface area contributed by atoms with Crippen LogP contribution in [-0.4, -0.2) is 50.7 Å². The number of benzene rings is 2. The summed E-state index contributed by atoms with van der Waals surface area (Å²) in [6, 6.07) is 23.2. The fraction of sp³-hybridized carbons (Fsp3) is 0.241. The molecule has 1 saturated carbocycles. The second-order valence-corrected chi connectivity index (χ2v) is 10.9. The summed E-state index contributed by atoms with van der Waals surface area (Å²) in [6.45, 7) is 0.491. The van der Waals surface area contributed by atoms with Gasteiger partial charge in [-0.15, -0.1) is 0 Å². The lowest BCUT2D eigenvalue weighted by Gasteiger charge is -2.34. The van der Waals surface area contributed by atoms with E-state index in [2.05, 4.69) is 9.88 Å². The topological polar surface area (TPSA) is 66.6 Å². The minimum absolute atomic E-state index is 0.0767. The van der Waals surface area contributed by atoms with Crippen LogP contribution in [0.25, 0.3) is 11.3 Å². The molecule has 4 heterocycles. The van der Waals surface area contributed by atoms with Crippen LogP contribution in [0.1, 0.15) is 35.2 Å². The monoisotopic (exact) mass is 524 g/mol. The molecule has 0 radical (unpaired) electrons. The molecule has 0 spiro atoms. The number of anilines is 1. The van der Waals surface area contributed by atoms with Crippen LogP contribution >= 0.6 is 11.8 Å². The van der Waals surface area contributed by atoms with E-state index >= 15 is 0 Å². The molecule has 9 heteroatoms. The molecule has 1 aliphatic carbocycles. The summed E-state index contributed by atoms with van der Waals surface area (Å²) in [5, 5.41) is 5.87. The van der Waals surface area contributed by atoms with Crippen LogP contribution in [-0.2, 0) is 6.54 Å². The zero-order chi connectivity index (χ0) is 25.8. The molecule has 3 aliphatic rings. The SMILES string of the molecule is CN1C(=O)c2c(nn(Cc3ccc(-c4cccc(F)n4)cc3)c2Sc2ccccc2)N2C1=NC1CCCC12. The van der Waals surface area contributed by atoms with Crippen LogP contribution in [0.3, 0.4) is 0 Å². The third-order valence-corrected chi connectivity index (χ3v) is 8.58. The van der Waals surface area contributed by atoms with Crippen molar-refractivity contribution in [2.24, 2.45) is 4.99 Å². The van der Waals surface area contributed by atoms with E-state index in [0.29, 0.717) is 29.6 Å². The summed E-state index contributed by atoms with van der Waals surface area (Å²) in [7, 11) is 1.81. The highest BCUT2D eigenvalue weighted by Gasteiger charge is 2.49. The van der Waals surface area contributed by atoms with E-state index in [4.69, 9.17) is 10.1 Å². The molecule has 7 rings (SSSR count). The summed E-state index contributed by atoms with van der Waals surface area (Å²) in [6.07, 6.45) is 3.22. The third kappa shape index (κ3) is 3.80. The van der Waals surface area contributed by atoms with Crippen molar-refractivity contribution in [2.45, 2.75) is 47.8 Å². The fourth-order valence-corrected chi connectivity index (χ4v) is 6.62. The van der Waals surface area contributed by atoms with Crippen molar-refractivity contribution in [1.29, 1.82) is 0 Å². The zero-order valence-corrected chi connectivity index (χ0v) is 21.6. The van der Waals surface area contributed by atoms with Gasteiger partial charge < -0.3 is 0 Å². The Morgan fingerprint density at radius 2 is 1.82 bits per heavy atom. The van der Waals surface area contributed by atoms with Crippen molar-refractivity contribution >= 4 is 29.4 Å². The summed E-state index contributed by atoms with van der Waals surface area (Å²) in [4.78, 5) is 27.5. The highest BCUT2D eigenvalue weighted by Crippen LogP contribution is 2.44. The highest BCUT2D eigenvalue weighted by molar-refractivity contribution is 7.99. The molecule has 7 nitrogen and oxygen atoms in total. The average Bonchev–Trinajstić information content (AvgIpc) is 3.62. The van der Waals surface area contributed by atoms with Crippen molar-refractivity contribution in [1.82, 2.24) is 19.7 Å². The minimum Gasteiger partial charge on any atom is -0.289 e. The maximum atomic E-state index is 13.7. The highest BCUT2D eigenvalue weighted by atomic mass is 32.2. The maximum absolute atomic E-state index is 13.7. The van der Waals surface area contributed by atoms with Crippen molar-refractivity contribution in [3.05, 3.63) is 89.9 Å². The number of rotatable bonds is 5. The molecule has 1 amide bonds. The van der Waals surface area contributed by atoms with Gasteiger partial charge in [-0.25, -0.2) is 9.98 Å². The van der Waals surface area contributed by atoms with Gasteiger partial charge in [0.05, 0.1) is 24.3 Å². The van der Waals surface area contributed by atoms with Gasteiger partial charge in [-0.1, -0.05) is 60.3 Å². The van der Waals surface area contributed by atoms with Crippen molar-refractivity contribution in [2.75, 3.05) is 11.9 Å². The number of halogens is 1. The molecule has 2 atom stereocenters. The molecule has 2 aromatic heterocycles. The summed E-state index contributed by atoms with van der Waals surface area (Å²) in [5.41, 5.74) is 3.09. The number of guanidine groups is 1. The predicted octanol–water partition coefficient (Wildman–Crippen LogP) is 5.47. The van der Waals surface area contributed by atoms with Crippen LogP contribution < -0.4 is 4.90 Å². The minimum atomic E-state index is -0.500. The normalized spacial score (nSPS) is 19.8. The van der Waals surface area contributed by atoms with E-state index in [1.54, 1.807) is 28.8 Å². The van der Waals surface area contributed by atoms with Gasteiger partial charge in [0.2, 0.25) is 11.9 Å². The standard InChI is InChI=1S/C29H25FN6OS/c1-34-27(37)25-26(36-23-11-5-10-22(23)32-29(34)36)33-35(28(25)38-20-7-3-2-4-8-20)17-18-13-15-19(16-14-18)21-9-6-12-24(30)31-21/h2-4,6-9,12-16,22-23H,5,10-11,17H2,1H3. The molecular formula is C29H25FN6OS. The number of hydrogen-bond acceptors (Lipinski definition) is 6. The lowest BCUT2D eigenvalue weighted by Crippen LogP contribution is -2.51. The van der Waals surface area contributed by atoms with Gasteiger partial charge in [0, 0.05) is 17.5 Å². The van der Waals surface area contributed by atoms with Gasteiger partial charge in [-0.05, 0) is 49.1 Å². The number of nitrogens with zero attached hydrogens (tertiary/aromatic N) is 6. The third-order valence-electron chi connectivity index (χ3n) is 7.46. The van der Waals surface area contributed by atoms with Crippen molar-refractivity contribution in [3.63, 3.8) is 0 Å². The molecule has 2 aromatic carbocycles. The Labute approximate surface area is 224 Å². The lowest BCUT2D eigenvalue weighted by atomic mass is 10.1. The average molecular weight is 525 g/mol. The number of aliphatic imine (C=N–C) groups is 1.